The van der Waals surface area contributed by atoms with Crippen LogP contribution in [0.2, 0.25) is 0 Å². The number of aromatic nitrogens is 4. The van der Waals surface area contributed by atoms with E-state index in [1.165, 1.54) is 22.5 Å². The summed E-state index contributed by atoms with van der Waals surface area (Å²) < 4.78 is 0. The topological polar surface area (TPSA) is 89.6 Å². The first kappa shape index (κ1) is 15.5. The molecule has 0 fully saturated rings. The minimum atomic E-state index is -0.00767. The molecule has 0 spiro atoms. The first-order valence-electron chi connectivity index (χ1n) is 8.56. The number of nitrogens with zero attached hydrogens (tertiary/aromatic N) is 4. The number of hydrogen-bond donors (Lipinski definition) is 2. The van der Waals surface area contributed by atoms with Crippen molar-refractivity contribution in [3.63, 3.8) is 0 Å². The van der Waals surface area contributed by atoms with Crippen molar-refractivity contribution < 1.29 is 0 Å². The lowest BCUT2D eigenvalue weighted by atomic mass is 9.92. The molecule has 0 saturated heterocycles. The number of nitrogen functional groups attached to an aromatic ring is 1. The summed E-state index contributed by atoms with van der Waals surface area (Å²) in [6.45, 7) is 5.25. The Balaban J connectivity index is 1.58. The molecule has 0 bridgehead atoms. The number of benzene rings is 1. The van der Waals surface area contributed by atoms with Crippen molar-refractivity contribution in [2.75, 3.05) is 17.6 Å². The lowest BCUT2D eigenvalue weighted by molar-refractivity contribution is 0.567. The van der Waals surface area contributed by atoms with Crippen LogP contribution >= 0.6 is 11.3 Å². The maximum atomic E-state index is 5.73. The minimum absolute atomic E-state index is 0.00767. The second-order valence-corrected chi connectivity index (χ2v) is 8.34. The van der Waals surface area contributed by atoms with Crippen LogP contribution in [0.15, 0.2) is 30.5 Å². The van der Waals surface area contributed by atoms with E-state index in [9.17, 15) is 0 Å². The second-order valence-electron chi connectivity index (χ2n) is 7.33. The molecule has 3 N–H and O–H groups in total. The van der Waals surface area contributed by atoms with Gasteiger partial charge in [-0.05, 0) is 23.6 Å². The van der Waals surface area contributed by atoms with Crippen molar-refractivity contribution in [3.8, 4) is 10.6 Å². The fourth-order valence-electron chi connectivity index (χ4n) is 3.56. The van der Waals surface area contributed by atoms with Crippen LogP contribution in [0.3, 0.4) is 0 Å². The van der Waals surface area contributed by atoms with Crippen LogP contribution in [-0.4, -0.2) is 26.7 Å². The molecule has 26 heavy (non-hydrogen) atoms. The molecule has 3 aromatic rings. The summed E-state index contributed by atoms with van der Waals surface area (Å²) in [6.07, 6.45) is 5.00. The summed E-state index contributed by atoms with van der Waals surface area (Å²) in [5.41, 5.74) is 12.3. The van der Waals surface area contributed by atoms with Crippen LogP contribution in [0, 0.1) is 0 Å². The molecule has 1 aromatic carbocycles. The van der Waals surface area contributed by atoms with Gasteiger partial charge in [-0.1, -0.05) is 43.4 Å². The number of nitrogens with two attached hydrogens (primary N) is 1. The van der Waals surface area contributed by atoms with Gasteiger partial charge in [-0.2, -0.15) is 0 Å². The van der Waals surface area contributed by atoms with Gasteiger partial charge in [0, 0.05) is 23.1 Å². The molecular formula is C19H18N6S. The molecule has 0 atom stereocenters. The standard InChI is InChI=1S/C19H18N6S/c1-19(2)9-22-16-15(19)23-14(8-21-16)12-6-5-10-3-4-11(7-13(10)12)17-24-25-18(20)26-17/h3-4,6-8H,5,9H2,1-2H3,(H2,20,25)(H,21,22). The molecule has 6 nitrogen and oxygen atoms in total. The Labute approximate surface area is 155 Å². The molecule has 2 aliphatic rings. The predicted molar refractivity (Wildman–Crippen MR) is 104 cm³/mol. The van der Waals surface area contributed by atoms with Gasteiger partial charge in [-0.25, -0.2) is 9.97 Å². The monoisotopic (exact) mass is 362 g/mol. The largest absolute Gasteiger partial charge is 0.374 e. The van der Waals surface area contributed by atoms with Crippen molar-refractivity contribution in [2.45, 2.75) is 25.7 Å². The van der Waals surface area contributed by atoms with Crippen molar-refractivity contribution in [2.24, 2.45) is 0 Å². The number of allylic oxidation sites excluding steroid dienone is 1. The Kier molecular flexibility index (Phi) is 3.18. The number of fused-ring (bicyclic) bond motifs is 2. The van der Waals surface area contributed by atoms with Gasteiger partial charge in [0.25, 0.3) is 0 Å². The van der Waals surface area contributed by atoms with E-state index < -0.39 is 0 Å². The molecule has 130 valence electrons. The average molecular weight is 362 g/mol. The minimum Gasteiger partial charge on any atom is -0.374 e. The maximum absolute atomic E-state index is 5.73. The highest BCUT2D eigenvalue weighted by Gasteiger charge is 2.33. The van der Waals surface area contributed by atoms with E-state index in [-0.39, 0.29) is 5.41 Å². The molecule has 3 heterocycles. The molecule has 1 aliphatic carbocycles. The second kappa shape index (κ2) is 5.35. The van der Waals surface area contributed by atoms with E-state index >= 15 is 0 Å². The number of rotatable bonds is 2. The highest BCUT2D eigenvalue weighted by molar-refractivity contribution is 7.18. The third-order valence-corrected chi connectivity index (χ3v) is 5.80. The van der Waals surface area contributed by atoms with Gasteiger partial charge in [-0.3, -0.25) is 0 Å². The first-order valence-corrected chi connectivity index (χ1v) is 9.37. The zero-order valence-corrected chi connectivity index (χ0v) is 15.4. The highest BCUT2D eigenvalue weighted by Crippen LogP contribution is 2.38. The zero-order valence-electron chi connectivity index (χ0n) is 14.6. The van der Waals surface area contributed by atoms with Crippen LogP contribution < -0.4 is 11.1 Å². The van der Waals surface area contributed by atoms with Crippen molar-refractivity contribution in [1.82, 2.24) is 20.2 Å². The van der Waals surface area contributed by atoms with E-state index in [1.807, 2.05) is 6.20 Å². The third-order valence-electron chi connectivity index (χ3n) is 5.00. The van der Waals surface area contributed by atoms with E-state index in [4.69, 9.17) is 10.7 Å². The van der Waals surface area contributed by atoms with E-state index in [2.05, 4.69) is 58.6 Å². The average Bonchev–Trinajstić information content (AvgIpc) is 3.32. The molecule has 2 aromatic heterocycles. The van der Waals surface area contributed by atoms with Crippen LogP contribution in [0.1, 0.15) is 36.4 Å². The Morgan fingerprint density at radius 1 is 1.23 bits per heavy atom. The predicted octanol–water partition coefficient (Wildman–Crippen LogP) is 3.27. The molecule has 5 rings (SSSR count). The van der Waals surface area contributed by atoms with Gasteiger partial charge in [-0.15, -0.1) is 10.2 Å². The van der Waals surface area contributed by atoms with Crippen LogP contribution in [-0.2, 0) is 11.8 Å². The summed E-state index contributed by atoms with van der Waals surface area (Å²) in [6, 6.07) is 6.39. The summed E-state index contributed by atoms with van der Waals surface area (Å²) in [7, 11) is 0. The van der Waals surface area contributed by atoms with Gasteiger partial charge in [0.05, 0.1) is 17.6 Å². The Morgan fingerprint density at radius 2 is 2.12 bits per heavy atom. The van der Waals surface area contributed by atoms with Crippen LogP contribution in [0.25, 0.3) is 16.1 Å². The lowest BCUT2D eigenvalue weighted by Crippen LogP contribution is -2.20. The van der Waals surface area contributed by atoms with Crippen molar-refractivity contribution in [1.29, 1.82) is 0 Å². The quantitative estimate of drug-likeness (QED) is 0.727. The molecule has 1 aliphatic heterocycles. The number of nitrogens with one attached hydrogen (secondary N) is 1. The summed E-state index contributed by atoms with van der Waals surface area (Å²) in [4.78, 5) is 9.56. The summed E-state index contributed by atoms with van der Waals surface area (Å²) >= 11 is 1.40. The van der Waals surface area contributed by atoms with Gasteiger partial charge in [0.1, 0.15) is 10.8 Å². The molecule has 7 heteroatoms. The fraction of sp³-hybridized carbons (Fsp3) is 0.263. The van der Waals surface area contributed by atoms with Gasteiger partial charge in [0.15, 0.2) is 0 Å². The Bertz CT molecular complexity index is 1070. The third kappa shape index (κ3) is 2.31. The molecule has 0 amide bonds. The molecule has 0 unspecified atom stereocenters. The SMILES string of the molecule is CC1(C)CNc2ncc(C3=CCc4ccc(-c5nnc(N)s5)cc43)nc21. The zero-order chi connectivity index (χ0) is 17.9. The van der Waals surface area contributed by atoms with Crippen LogP contribution in [0.5, 0.6) is 0 Å². The first-order chi connectivity index (χ1) is 12.5. The van der Waals surface area contributed by atoms with Gasteiger partial charge in [0.2, 0.25) is 5.13 Å². The smallest absolute Gasteiger partial charge is 0.203 e. The highest BCUT2D eigenvalue weighted by atomic mass is 32.1. The molecule has 0 radical (unpaired) electrons. The van der Waals surface area contributed by atoms with Crippen LogP contribution in [0.4, 0.5) is 10.9 Å². The van der Waals surface area contributed by atoms with Gasteiger partial charge >= 0.3 is 0 Å². The Morgan fingerprint density at radius 3 is 2.92 bits per heavy atom. The van der Waals surface area contributed by atoms with Crippen molar-refractivity contribution >= 4 is 27.9 Å². The summed E-state index contributed by atoms with van der Waals surface area (Å²) in [5.74, 6) is 0.899. The van der Waals surface area contributed by atoms with Gasteiger partial charge < -0.3 is 11.1 Å². The Hall–Kier alpha value is -2.80. The molecular weight excluding hydrogens is 344 g/mol. The lowest BCUT2D eigenvalue weighted by Gasteiger charge is -2.16. The number of hydrogen-bond acceptors (Lipinski definition) is 7. The molecule has 0 saturated carbocycles. The van der Waals surface area contributed by atoms with E-state index in [1.54, 1.807) is 0 Å². The maximum Gasteiger partial charge on any atom is 0.203 e. The van der Waals surface area contributed by atoms with E-state index in [0.717, 1.165) is 46.3 Å². The number of anilines is 2. The normalized spacial score (nSPS) is 16.8. The van der Waals surface area contributed by atoms with E-state index in [0.29, 0.717) is 5.13 Å². The van der Waals surface area contributed by atoms with Crippen molar-refractivity contribution in [3.05, 3.63) is 53.0 Å². The summed E-state index contributed by atoms with van der Waals surface area (Å²) in [5, 5.41) is 12.7. The fourth-order valence-corrected chi connectivity index (χ4v) is 4.17.